The van der Waals surface area contributed by atoms with Crippen LogP contribution in [0.1, 0.15) is 15.9 Å². The number of nitrogens with one attached hydrogen (secondary N) is 3. The molecule has 0 spiro atoms. The molecule has 0 saturated carbocycles. The van der Waals surface area contributed by atoms with E-state index in [-0.39, 0.29) is 23.7 Å². The second-order valence-electron chi connectivity index (χ2n) is 11.1. The first-order valence-electron chi connectivity index (χ1n) is 14.9. The number of anilines is 2. The number of fused-ring (bicyclic) bond motifs is 1. The average Bonchev–Trinajstić information content (AvgIpc) is 3.48. The van der Waals surface area contributed by atoms with Crippen molar-refractivity contribution >= 4 is 35.1 Å². The molecular weight excluding hydrogens is 659 g/mol. The highest BCUT2D eigenvalue weighted by molar-refractivity contribution is 5.96. The summed E-state index contributed by atoms with van der Waals surface area (Å²) < 4.78 is 63.0. The number of carbonyl (C=O) groups is 3. The van der Waals surface area contributed by atoms with Crippen molar-refractivity contribution in [1.29, 1.82) is 0 Å². The quantitative estimate of drug-likeness (QED) is 0.210. The number of carboxylic acid groups (broad SMARTS) is 1. The van der Waals surface area contributed by atoms with E-state index >= 15 is 0 Å². The number of carbonyl (C=O) groups excluding carboxylic acids is 2. The topological polar surface area (TPSA) is 153 Å². The van der Waals surface area contributed by atoms with Crippen molar-refractivity contribution in [2.75, 3.05) is 44.6 Å². The van der Waals surface area contributed by atoms with Crippen LogP contribution in [0.3, 0.4) is 0 Å². The van der Waals surface area contributed by atoms with Crippen LogP contribution in [0, 0.1) is 6.92 Å². The molecule has 0 unspecified atom stereocenters. The van der Waals surface area contributed by atoms with Gasteiger partial charge in [-0.25, -0.2) is 19.6 Å². The molecule has 0 bridgehead atoms. The molecule has 2 saturated heterocycles. The molecule has 2 aromatic heterocycles. The number of hydrogen-bond acceptors (Lipinski definition) is 8. The van der Waals surface area contributed by atoms with Gasteiger partial charge < -0.3 is 35.6 Å². The van der Waals surface area contributed by atoms with Crippen LogP contribution in [0.4, 0.5) is 38.3 Å². The van der Waals surface area contributed by atoms with E-state index in [4.69, 9.17) is 9.90 Å². The van der Waals surface area contributed by atoms with Gasteiger partial charge in [0, 0.05) is 68.5 Å². The Morgan fingerprint density at radius 2 is 1.65 bits per heavy atom. The molecule has 0 radical (unpaired) electrons. The third-order valence-electron chi connectivity index (χ3n) is 7.73. The normalized spacial score (nSPS) is 14.9. The van der Waals surface area contributed by atoms with Gasteiger partial charge in [-0.3, -0.25) is 9.20 Å². The van der Waals surface area contributed by atoms with Gasteiger partial charge in [-0.15, -0.1) is 0 Å². The largest absolute Gasteiger partial charge is 0.490 e. The molecule has 2 aromatic carbocycles. The van der Waals surface area contributed by atoms with Crippen LogP contribution in [-0.4, -0.2) is 105 Å². The number of ether oxygens (including phenoxy) is 1. The zero-order valence-corrected chi connectivity index (χ0v) is 25.9. The van der Waals surface area contributed by atoms with Gasteiger partial charge >= 0.3 is 24.8 Å². The van der Waals surface area contributed by atoms with Crippen LogP contribution in [0.15, 0.2) is 61.1 Å². The first kappa shape index (κ1) is 34.8. The molecule has 18 heteroatoms. The molecule has 4 heterocycles. The van der Waals surface area contributed by atoms with E-state index in [1.165, 1.54) is 12.1 Å². The Morgan fingerprint density at radius 3 is 2.22 bits per heavy atom. The molecule has 49 heavy (non-hydrogen) atoms. The first-order valence-corrected chi connectivity index (χ1v) is 14.9. The molecule has 260 valence electrons. The van der Waals surface area contributed by atoms with Gasteiger partial charge in [0.2, 0.25) is 0 Å². The Hall–Kier alpha value is -5.52. The zero-order valence-electron chi connectivity index (χ0n) is 25.9. The highest BCUT2D eigenvalue weighted by Crippen LogP contribution is 2.28. The second kappa shape index (κ2) is 14.7. The number of amides is 3. The van der Waals surface area contributed by atoms with Crippen molar-refractivity contribution in [3.05, 3.63) is 72.2 Å². The van der Waals surface area contributed by atoms with Crippen molar-refractivity contribution in [2.45, 2.75) is 25.8 Å². The van der Waals surface area contributed by atoms with Crippen LogP contribution in [0.2, 0.25) is 0 Å². The summed E-state index contributed by atoms with van der Waals surface area (Å²) in [5.74, 6) is -2.22. The number of piperazine rings is 1. The fourth-order valence-electron chi connectivity index (χ4n) is 5.09. The van der Waals surface area contributed by atoms with Crippen molar-refractivity contribution in [3.8, 4) is 17.0 Å². The van der Waals surface area contributed by atoms with Crippen LogP contribution >= 0.6 is 0 Å². The van der Waals surface area contributed by atoms with Gasteiger partial charge in [0.25, 0.3) is 5.91 Å². The summed E-state index contributed by atoms with van der Waals surface area (Å²) in [5, 5.41) is 16.6. The fourth-order valence-corrected chi connectivity index (χ4v) is 5.09. The third-order valence-corrected chi connectivity index (χ3v) is 7.73. The number of imidazole rings is 1. The van der Waals surface area contributed by atoms with Crippen molar-refractivity contribution in [1.82, 2.24) is 34.8 Å². The molecular formula is C31H31F5N8O5. The van der Waals surface area contributed by atoms with E-state index in [1.807, 2.05) is 23.5 Å². The van der Waals surface area contributed by atoms with Gasteiger partial charge in [0.05, 0.1) is 17.9 Å². The maximum atomic E-state index is 13.3. The summed E-state index contributed by atoms with van der Waals surface area (Å²) in [7, 11) is 0. The maximum Gasteiger partial charge on any atom is 0.490 e. The van der Waals surface area contributed by atoms with Crippen LogP contribution in [0.5, 0.6) is 5.75 Å². The predicted molar refractivity (Wildman–Crippen MR) is 166 cm³/mol. The smallest absolute Gasteiger partial charge is 0.475 e. The van der Waals surface area contributed by atoms with Gasteiger partial charge in [0.1, 0.15) is 5.75 Å². The predicted octanol–water partition coefficient (Wildman–Crippen LogP) is 4.12. The summed E-state index contributed by atoms with van der Waals surface area (Å²) in [6.45, 7) is 2.53. The third kappa shape index (κ3) is 8.50. The van der Waals surface area contributed by atoms with Crippen molar-refractivity contribution < 1.29 is 46.2 Å². The number of aromatic nitrogens is 3. The Balaban J connectivity index is 0.000000606. The number of urea groups is 1. The Morgan fingerprint density at radius 1 is 1.00 bits per heavy atom. The minimum absolute atomic E-state index is 0.0644. The minimum Gasteiger partial charge on any atom is -0.475 e. The number of aryl methyl sites for hydroxylation is 1. The lowest BCUT2D eigenvalue weighted by atomic mass is 10.1. The van der Waals surface area contributed by atoms with Gasteiger partial charge in [-0.2, -0.15) is 22.0 Å². The molecule has 2 fully saturated rings. The second-order valence-corrected chi connectivity index (χ2v) is 11.1. The Labute approximate surface area is 275 Å². The molecule has 4 aromatic rings. The lowest BCUT2D eigenvalue weighted by Crippen LogP contribution is -2.61. The zero-order chi connectivity index (χ0) is 35.3. The molecule has 6 rings (SSSR count). The summed E-state index contributed by atoms with van der Waals surface area (Å²) in [6, 6.07) is 12.0. The number of nitrogens with zero attached hydrogens (tertiary/aromatic N) is 5. The minimum atomic E-state index is -5.08. The standard InChI is InChI=1S/C29H30F2N8O3.C2HF3O2/c1-18-14-20(4-7-23(18)27(40)37-10-12-38(13-11-37)29(41)36-21-15-32-16-21)35-25-26-34-17-24(39(26)9-8-33-25)19-2-5-22(6-3-19)42-28(30)31;3-2(4,5)1(6)7/h2-9,14,17,21,28,32H,10-13,15-16H2,1H3,(H,33,35)(H,36,41);(H,6,7). The van der Waals surface area contributed by atoms with Crippen molar-refractivity contribution in [3.63, 3.8) is 0 Å². The van der Waals surface area contributed by atoms with Gasteiger partial charge in [-0.05, 0) is 55.0 Å². The number of hydrogen-bond donors (Lipinski definition) is 4. The summed E-state index contributed by atoms with van der Waals surface area (Å²) in [4.78, 5) is 47.1. The van der Waals surface area contributed by atoms with E-state index < -0.39 is 18.8 Å². The number of rotatable bonds is 7. The highest BCUT2D eigenvalue weighted by Gasteiger charge is 2.38. The number of alkyl halides is 5. The molecule has 4 N–H and O–H groups in total. The number of benzene rings is 2. The molecule has 3 amide bonds. The highest BCUT2D eigenvalue weighted by atomic mass is 19.4. The van der Waals surface area contributed by atoms with Crippen molar-refractivity contribution in [2.24, 2.45) is 0 Å². The van der Waals surface area contributed by atoms with E-state index in [0.29, 0.717) is 43.2 Å². The van der Waals surface area contributed by atoms with E-state index in [0.717, 1.165) is 35.6 Å². The van der Waals surface area contributed by atoms with E-state index in [1.54, 1.807) is 46.6 Å². The number of aliphatic carboxylic acids is 1. The molecule has 2 aliphatic rings. The van der Waals surface area contributed by atoms with Crippen LogP contribution < -0.4 is 20.7 Å². The SMILES string of the molecule is Cc1cc(Nc2nccn3c(-c4ccc(OC(F)F)cc4)cnc23)ccc1C(=O)N1CCN(C(=O)NC2CNC2)CC1.O=C(O)C(F)(F)F. The first-order chi connectivity index (χ1) is 23.3. The molecule has 2 aliphatic heterocycles. The number of carboxylic acids is 1. The van der Waals surface area contributed by atoms with Gasteiger partial charge in [0.15, 0.2) is 11.5 Å². The van der Waals surface area contributed by atoms with Crippen LogP contribution in [0.25, 0.3) is 16.9 Å². The van der Waals surface area contributed by atoms with Crippen LogP contribution in [-0.2, 0) is 4.79 Å². The summed E-state index contributed by atoms with van der Waals surface area (Å²) in [6.07, 6.45) is 0.0159. The molecule has 13 nitrogen and oxygen atoms in total. The monoisotopic (exact) mass is 690 g/mol. The average molecular weight is 691 g/mol. The molecule has 0 aliphatic carbocycles. The van der Waals surface area contributed by atoms with E-state index in [2.05, 4.69) is 30.7 Å². The lowest BCUT2D eigenvalue weighted by Gasteiger charge is -2.37. The van der Waals surface area contributed by atoms with E-state index in [9.17, 15) is 31.5 Å². The van der Waals surface area contributed by atoms with Gasteiger partial charge in [-0.1, -0.05) is 0 Å². The Kier molecular flexibility index (Phi) is 10.5. The fraction of sp³-hybridized carbons (Fsp3) is 0.323. The lowest BCUT2D eigenvalue weighted by molar-refractivity contribution is -0.192. The number of halogens is 5. The maximum absolute atomic E-state index is 13.3. The summed E-state index contributed by atoms with van der Waals surface area (Å²) in [5.41, 5.74) is 4.27. The summed E-state index contributed by atoms with van der Waals surface area (Å²) >= 11 is 0. The molecule has 0 atom stereocenters. The Bertz CT molecular complexity index is 1810.